The minimum Gasteiger partial charge on any atom is -0.385 e. The third kappa shape index (κ3) is 2.94. The molecule has 0 amide bonds. The zero-order valence-corrected chi connectivity index (χ0v) is 13.1. The van der Waals surface area contributed by atoms with Gasteiger partial charge >= 0.3 is 0 Å². The normalized spacial score (nSPS) is 12.1. The number of imidazole rings is 1. The molecule has 0 aliphatic heterocycles. The molecule has 0 aliphatic rings. The van der Waals surface area contributed by atoms with Crippen molar-refractivity contribution in [2.75, 3.05) is 0 Å². The van der Waals surface area contributed by atoms with E-state index in [4.69, 9.17) is 10.7 Å². The Labute approximate surface area is 136 Å². The molecule has 0 saturated heterocycles. The summed E-state index contributed by atoms with van der Waals surface area (Å²) in [5.41, 5.74) is 10.5. The maximum atomic E-state index is 6.32. The average Bonchev–Trinajstić information content (AvgIpc) is 2.94. The van der Waals surface area contributed by atoms with E-state index in [-0.39, 0.29) is 0 Å². The Bertz CT molecular complexity index is 899. The van der Waals surface area contributed by atoms with E-state index in [1.165, 1.54) is 5.56 Å². The predicted molar refractivity (Wildman–Crippen MR) is 97.7 cm³/mol. The van der Waals surface area contributed by atoms with Crippen LogP contribution in [0.25, 0.3) is 28.2 Å². The molecule has 3 nitrogen and oxygen atoms in total. The summed E-state index contributed by atoms with van der Waals surface area (Å²) in [5.74, 6) is 1.46. The Balaban J connectivity index is 2.26. The van der Waals surface area contributed by atoms with Gasteiger partial charge < -0.3 is 5.73 Å². The van der Waals surface area contributed by atoms with E-state index >= 15 is 0 Å². The van der Waals surface area contributed by atoms with Gasteiger partial charge in [0, 0.05) is 5.56 Å². The summed E-state index contributed by atoms with van der Waals surface area (Å²) in [7, 11) is 0. The lowest BCUT2D eigenvalue weighted by atomic mass is 10.2. The van der Waals surface area contributed by atoms with Crippen LogP contribution in [0.1, 0.15) is 5.56 Å². The van der Waals surface area contributed by atoms with Crippen molar-refractivity contribution in [3.05, 3.63) is 85.0 Å². The van der Waals surface area contributed by atoms with Gasteiger partial charge in [0.25, 0.3) is 0 Å². The van der Waals surface area contributed by atoms with Crippen LogP contribution in [0.3, 0.4) is 0 Å². The van der Waals surface area contributed by atoms with E-state index in [0.717, 1.165) is 22.4 Å². The van der Waals surface area contributed by atoms with Crippen molar-refractivity contribution < 1.29 is 0 Å². The first-order valence-corrected chi connectivity index (χ1v) is 7.50. The van der Waals surface area contributed by atoms with Gasteiger partial charge in [0.15, 0.2) is 0 Å². The third-order valence-electron chi connectivity index (χ3n) is 3.61. The number of hydrogen-bond acceptors (Lipinski definition) is 2. The minimum absolute atomic E-state index is 0.619. The molecule has 0 unspecified atom stereocenters. The number of benzene rings is 2. The quantitative estimate of drug-likeness (QED) is 0.720. The van der Waals surface area contributed by atoms with Gasteiger partial charge in [0.05, 0.1) is 11.0 Å². The standard InChI is InChI=1S/C20H19N3/c1-3-4-6-11-19(21)23-18-13-12-15(2)14-17(18)22-20(23)16-9-7-5-8-10-16/h3-14H,1,21H2,2H3/b6-4-,19-11+. The zero-order valence-electron chi connectivity index (χ0n) is 13.1. The molecule has 1 heterocycles. The Kier molecular flexibility index (Phi) is 4.11. The molecular formula is C20H19N3. The zero-order chi connectivity index (χ0) is 16.2. The lowest BCUT2D eigenvalue weighted by Crippen LogP contribution is -2.07. The fourth-order valence-electron chi connectivity index (χ4n) is 2.54. The molecule has 1 aromatic heterocycles. The summed E-state index contributed by atoms with van der Waals surface area (Å²) >= 11 is 0. The number of fused-ring (bicyclic) bond motifs is 1. The molecule has 0 radical (unpaired) electrons. The van der Waals surface area contributed by atoms with Crippen LogP contribution in [0.5, 0.6) is 0 Å². The molecule has 0 aliphatic carbocycles. The van der Waals surface area contributed by atoms with E-state index in [9.17, 15) is 0 Å². The maximum Gasteiger partial charge on any atom is 0.146 e. The van der Waals surface area contributed by atoms with E-state index in [0.29, 0.717) is 5.82 Å². The smallest absolute Gasteiger partial charge is 0.146 e. The average molecular weight is 301 g/mol. The summed E-state index contributed by atoms with van der Waals surface area (Å²) < 4.78 is 1.98. The van der Waals surface area contributed by atoms with Crippen LogP contribution in [-0.4, -0.2) is 9.55 Å². The van der Waals surface area contributed by atoms with E-state index in [1.807, 2.05) is 53.1 Å². The molecule has 0 spiro atoms. The molecule has 2 N–H and O–H groups in total. The number of rotatable bonds is 4. The molecule has 3 aromatic rings. The van der Waals surface area contributed by atoms with Gasteiger partial charge in [-0.1, -0.05) is 61.2 Å². The fraction of sp³-hybridized carbons (Fsp3) is 0.0500. The monoisotopic (exact) mass is 301 g/mol. The van der Waals surface area contributed by atoms with Gasteiger partial charge in [-0.05, 0) is 30.7 Å². The van der Waals surface area contributed by atoms with Crippen molar-refractivity contribution in [3.8, 4) is 11.4 Å². The topological polar surface area (TPSA) is 43.8 Å². The lowest BCUT2D eigenvalue weighted by molar-refractivity contribution is 1.10. The molecule has 23 heavy (non-hydrogen) atoms. The third-order valence-corrected chi connectivity index (χ3v) is 3.61. The molecule has 0 bridgehead atoms. The Hall–Kier alpha value is -3.07. The molecule has 3 heteroatoms. The second-order valence-corrected chi connectivity index (χ2v) is 5.34. The van der Waals surface area contributed by atoms with Crippen molar-refractivity contribution in [2.45, 2.75) is 6.92 Å². The van der Waals surface area contributed by atoms with E-state index < -0.39 is 0 Å². The van der Waals surface area contributed by atoms with Crippen LogP contribution in [-0.2, 0) is 0 Å². The highest BCUT2D eigenvalue weighted by molar-refractivity contribution is 5.85. The SMILES string of the molecule is C=C/C=C\C=C(/N)n1c(-c2ccccc2)nc2cc(C)ccc21. The molecule has 114 valence electrons. The molecule has 3 rings (SSSR count). The highest BCUT2D eigenvalue weighted by Crippen LogP contribution is 2.27. The van der Waals surface area contributed by atoms with Crippen LogP contribution in [0, 0.1) is 6.92 Å². The first kappa shape index (κ1) is 14.9. The van der Waals surface area contributed by atoms with Crippen molar-refractivity contribution in [1.29, 1.82) is 0 Å². The number of allylic oxidation sites excluding steroid dienone is 4. The Morgan fingerprint density at radius 1 is 1.13 bits per heavy atom. The van der Waals surface area contributed by atoms with Crippen molar-refractivity contribution >= 4 is 16.9 Å². The van der Waals surface area contributed by atoms with Gasteiger partial charge in [-0.15, -0.1) is 0 Å². The highest BCUT2D eigenvalue weighted by atomic mass is 15.1. The van der Waals surface area contributed by atoms with Gasteiger partial charge in [-0.3, -0.25) is 4.57 Å². The number of nitrogens with zero attached hydrogens (tertiary/aromatic N) is 2. The summed E-state index contributed by atoms with van der Waals surface area (Å²) in [6.07, 6.45) is 7.29. The molecular weight excluding hydrogens is 282 g/mol. The Morgan fingerprint density at radius 3 is 2.65 bits per heavy atom. The number of aryl methyl sites for hydroxylation is 1. The summed E-state index contributed by atoms with van der Waals surface area (Å²) in [4.78, 5) is 4.79. The van der Waals surface area contributed by atoms with Crippen molar-refractivity contribution in [3.63, 3.8) is 0 Å². The number of hydrogen-bond donors (Lipinski definition) is 1. The molecule has 0 fully saturated rings. The van der Waals surface area contributed by atoms with E-state index in [1.54, 1.807) is 6.08 Å². The summed E-state index contributed by atoms with van der Waals surface area (Å²) in [5, 5.41) is 0. The van der Waals surface area contributed by atoms with Crippen LogP contribution in [0.15, 0.2) is 79.4 Å². The first-order chi connectivity index (χ1) is 11.2. The molecule has 0 atom stereocenters. The lowest BCUT2D eigenvalue weighted by Gasteiger charge is -2.09. The number of aromatic nitrogens is 2. The van der Waals surface area contributed by atoms with Crippen LogP contribution >= 0.6 is 0 Å². The van der Waals surface area contributed by atoms with Gasteiger partial charge in [-0.2, -0.15) is 0 Å². The fourth-order valence-corrected chi connectivity index (χ4v) is 2.54. The van der Waals surface area contributed by atoms with Crippen LogP contribution in [0.4, 0.5) is 0 Å². The number of nitrogens with two attached hydrogens (primary N) is 1. The van der Waals surface area contributed by atoms with Gasteiger partial charge in [0.2, 0.25) is 0 Å². The largest absolute Gasteiger partial charge is 0.385 e. The van der Waals surface area contributed by atoms with Crippen LogP contribution < -0.4 is 5.73 Å². The van der Waals surface area contributed by atoms with Crippen molar-refractivity contribution in [1.82, 2.24) is 9.55 Å². The first-order valence-electron chi connectivity index (χ1n) is 7.50. The molecule has 0 saturated carbocycles. The second-order valence-electron chi connectivity index (χ2n) is 5.34. The highest BCUT2D eigenvalue weighted by Gasteiger charge is 2.13. The minimum atomic E-state index is 0.619. The van der Waals surface area contributed by atoms with Gasteiger partial charge in [-0.25, -0.2) is 4.98 Å². The van der Waals surface area contributed by atoms with Crippen molar-refractivity contribution in [2.24, 2.45) is 5.73 Å². The summed E-state index contributed by atoms with van der Waals surface area (Å²) in [6, 6.07) is 16.3. The maximum absolute atomic E-state index is 6.32. The summed E-state index contributed by atoms with van der Waals surface area (Å²) in [6.45, 7) is 5.73. The second kappa shape index (κ2) is 6.36. The van der Waals surface area contributed by atoms with E-state index in [2.05, 4.69) is 31.7 Å². The van der Waals surface area contributed by atoms with Crippen LogP contribution in [0.2, 0.25) is 0 Å². The van der Waals surface area contributed by atoms with Gasteiger partial charge in [0.1, 0.15) is 11.6 Å². The predicted octanol–water partition coefficient (Wildman–Crippen LogP) is 4.51. The molecule has 2 aromatic carbocycles. The Morgan fingerprint density at radius 2 is 1.91 bits per heavy atom.